The molecule has 0 spiro atoms. The van der Waals surface area contributed by atoms with E-state index in [0.29, 0.717) is 18.1 Å². The third kappa shape index (κ3) is 2.87. The van der Waals surface area contributed by atoms with Gasteiger partial charge in [-0.2, -0.15) is 0 Å². The lowest BCUT2D eigenvalue weighted by molar-refractivity contribution is 0.400. The van der Waals surface area contributed by atoms with Crippen molar-refractivity contribution >= 4 is 17.1 Å². The van der Waals surface area contributed by atoms with Crippen LogP contribution in [0.5, 0.6) is 0 Å². The second kappa shape index (κ2) is 6.94. The molecule has 0 saturated heterocycles. The fourth-order valence-corrected chi connectivity index (χ4v) is 4.74. The summed E-state index contributed by atoms with van der Waals surface area (Å²) in [5, 5.41) is 0. The van der Waals surface area contributed by atoms with E-state index in [1.165, 1.54) is 60.4 Å². The fourth-order valence-electron chi connectivity index (χ4n) is 4.74. The highest BCUT2D eigenvalue weighted by Crippen LogP contribution is 2.47. The Labute approximate surface area is 158 Å². The van der Waals surface area contributed by atoms with Crippen LogP contribution >= 0.6 is 0 Å². The number of aromatic nitrogens is 1. The van der Waals surface area contributed by atoms with Gasteiger partial charge in [0.25, 0.3) is 0 Å². The molecule has 1 aromatic heterocycles. The molecule has 1 atom stereocenters. The van der Waals surface area contributed by atoms with Crippen LogP contribution < -0.4 is 9.80 Å². The number of para-hydroxylation sites is 2. The van der Waals surface area contributed by atoms with Crippen LogP contribution in [0.4, 0.5) is 17.1 Å². The molecule has 2 aliphatic rings. The molecule has 0 bridgehead atoms. The van der Waals surface area contributed by atoms with Gasteiger partial charge < -0.3 is 9.80 Å². The lowest BCUT2D eigenvalue weighted by Crippen LogP contribution is -2.45. The number of pyridine rings is 1. The number of anilines is 3. The maximum absolute atomic E-state index is 4.77. The minimum atomic E-state index is 0.334. The summed E-state index contributed by atoms with van der Waals surface area (Å²) in [5.74, 6) is 0.463. The van der Waals surface area contributed by atoms with Crippen LogP contribution in [0.2, 0.25) is 0 Å². The van der Waals surface area contributed by atoms with Crippen molar-refractivity contribution in [1.82, 2.24) is 4.98 Å². The van der Waals surface area contributed by atoms with Crippen molar-refractivity contribution in [3.63, 3.8) is 0 Å². The van der Waals surface area contributed by atoms with E-state index in [0.717, 1.165) is 0 Å². The molecular formula is C23H31N3. The number of rotatable bonds is 3. The van der Waals surface area contributed by atoms with Gasteiger partial charge in [-0.25, -0.2) is 0 Å². The summed E-state index contributed by atoms with van der Waals surface area (Å²) in [6.45, 7) is 8.99. The zero-order valence-electron chi connectivity index (χ0n) is 16.6. The van der Waals surface area contributed by atoms with E-state index < -0.39 is 0 Å². The number of nitrogens with zero attached hydrogens (tertiary/aromatic N) is 3. The molecule has 3 heteroatoms. The van der Waals surface area contributed by atoms with Gasteiger partial charge in [-0.15, -0.1) is 0 Å². The van der Waals surface area contributed by atoms with Crippen LogP contribution in [0.3, 0.4) is 0 Å². The Bertz CT molecular complexity index is 777. The van der Waals surface area contributed by atoms with E-state index in [1.807, 2.05) is 0 Å². The number of fused-ring (bicyclic) bond motifs is 1. The Hall–Kier alpha value is -2.03. The average molecular weight is 350 g/mol. The molecule has 1 aliphatic carbocycles. The number of aryl methyl sites for hydroxylation is 1. The van der Waals surface area contributed by atoms with Gasteiger partial charge in [-0.1, -0.05) is 45.2 Å². The van der Waals surface area contributed by atoms with Gasteiger partial charge in [-0.3, -0.25) is 4.98 Å². The van der Waals surface area contributed by atoms with Crippen molar-refractivity contribution in [1.29, 1.82) is 0 Å². The zero-order chi connectivity index (χ0) is 18.3. The molecule has 1 fully saturated rings. The largest absolute Gasteiger partial charge is 0.346 e. The normalized spacial score (nSPS) is 20.7. The lowest BCUT2D eigenvalue weighted by atomic mass is 9.93. The standard InChI is InChI=1S/C23H31N3/c1-16(2)20-14-17(3)23(15-24-20)26-18(4)25(19-10-6-5-7-11-19)21-12-8-9-13-22(21)26/h8-9,12-16,18-19H,5-7,10-11H2,1-4H3/t18-/m1/s1. The fraction of sp³-hybridized carbons (Fsp3) is 0.522. The summed E-state index contributed by atoms with van der Waals surface area (Å²) in [7, 11) is 0. The zero-order valence-corrected chi connectivity index (χ0v) is 16.6. The summed E-state index contributed by atoms with van der Waals surface area (Å²) in [5.41, 5.74) is 6.45. The van der Waals surface area contributed by atoms with Crippen LogP contribution in [0.1, 0.15) is 70.1 Å². The maximum atomic E-state index is 4.77. The third-order valence-electron chi connectivity index (χ3n) is 6.12. The summed E-state index contributed by atoms with van der Waals surface area (Å²) < 4.78 is 0. The van der Waals surface area contributed by atoms with Crippen LogP contribution in [-0.2, 0) is 0 Å². The molecular weight excluding hydrogens is 318 g/mol. The van der Waals surface area contributed by atoms with Crippen LogP contribution in [0.25, 0.3) is 0 Å². The highest BCUT2D eigenvalue weighted by Gasteiger charge is 2.38. The minimum absolute atomic E-state index is 0.334. The van der Waals surface area contributed by atoms with E-state index in [2.05, 4.69) is 74.0 Å². The smallest absolute Gasteiger partial charge is 0.104 e. The molecule has 1 aromatic carbocycles. The van der Waals surface area contributed by atoms with E-state index in [4.69, 9.17) is 4.98 Å². The Kier molecular flexibility index (Phi) is 4.64. The molecule has 26 heavy (non-hydrogen) atoms. The Morgan fingerprint density at radius 2 is 1.69 bits per heavy atom. The van der Waals surface area contributed by atoms with E-state index >= 15 is 0 Å². The van der Waals surface area contributed by atoms with Gasteiger partial charge in [0.15, 0.2) is 0 Å². The molecule has 2 aromatic rings. The summed E-state index contributed by atoms with van der Waals surface area (Å²) in [6.07, 6.45) is 9.17. The summed E-state index contributed by atoms with van der Waals surface area (Å²) in [6, 6.07) is 11.8. The van der Waals surface area contributed by atoms with Crippen molar-refractivity contribution in [3.8, 4) is 0 Å². The van der Waals surface area contributed by atoms with Crippen molar-refractivity contribution in [2.24, 2.45) is 0 Å². The van der Waals surface area contributed by atoms with Crippen LogP contribution in [-0.4, -0.2) is 17.2 Å². The van der Waals surface area contributed by atoms with E-state index in [-0.39, 0.29) is 0 Å². The second-order valence-corrected chi connectivity index (χ2v) is 8.24. The first-order valence-corrected chi connectivity index (χ1v) is 10.2. The van der Waals surface area contributed by atoms with Crippen LogP contribution in [0.15, 0.2) is 36.5 Å². The number of benzene rings is 1. The topological polar surface area (TPSA) is 19.4 Å². The highest BCUT2D eigenvalue weighted by atomic mass is 15.4. The Balaban J connectivity index is 1.75. The first kappa shape index (κ1) is 17.4. The molecule has 1 saturated carbocycles. The van der Waals surface area contributed by atoms with Crippen molar-refractivity contribution in [2.75, 3.05) is 9.80 Å². The molecule has 138 valence electrons. The third-order valence-corrected chi connectivity index (χ3v) is 6.12. The summed E-state index contributed by atoms with van der Waals surface area (Å²) in [4.78, 5) is 9.94. The number of hydrogen-bond donors (Lipinski definition) is 0. The van der Waals surface area contributed by atoms with E-state index in [9.17, 15) is 0 Å². The van der Waals surface area contributed by atoms with Gasteiger partial charge in [0, 0.05) is 11.7 Å². The maximum Gasteiger partial charge on any atom is 0.104 e. The minimum Gasteiger partial charge on any atom is -0.346 e. The highest BCUT2D eigenvalue weighted by molar-refractivity contribution is 5.84. The summed E-state index contributed by atoms with van der Waals surface area (Å²) >= 11 is 0. The van der Waals surface area contributed by atoms with Crippen LogP contribution in [0, 0.1) is 6.92 Å². The molecule has 0 unspecified atom stereocenters. The van der Waals surface area contributed by atoms with Crippen molar-refractivity contribution in [3.05, 3.63) is 47.8 Å². The monoisotopic (exact) mass is 349 g/mol. The van der Waals surface area contributed by atoms with Crippen molar-refractivity contribution in [2.45, 2.75) is 77.9 Å². The molecule has 3 nitrogen and oxygen atoms in total. The quantitative estimate of drug-likeness (QED) is 0.662. The van der Waals surface area contributed by atoms with E-state index in [1.54, 1.807) is 0 Å². The molecule has 0 N–H and O–H groups in total. The average Bonchev–Trinajstić information content (AvgIpc) is 2.94. The lowest BCUT2D eigenvalue weighted by Gasteiger charge is -2.38. The SMILES string of the molecule is Cc1cc(C(C)C)ncc1N1c2ccccc2N(C2CCCCC2)[C@H]1C. The molecule has 1 aliphatic heterocycles. The molecule has 0 radical (unpaired) electrons. The van der Waals surface area contributed by atoms with Gasteiger partial charge in [0.1, 0.15) is 6.17 Å². The Morgan fingerprint density at radius 3 is 2.35 bits per heavy atom. The second-order valence-electron chi connectivity index (χ2n) is 8.24. The first-order chi connectivity index (χ1) is 12.6. The van der Waals surface area contributed by atoms with Gasteiger partial charge in [-0.05, 0) is 56.4 Å². The number of hydrogen-bond acceptors (Lipinski definition) is 3. The Morgan fingerprint density at radius 1 is 1.00 bits per heavy atom. The molecule has 2 heterocycles. The van der Waals surface area contributed by atoms with Crippen molar-refractivity contribution < 1.29 is 0 Å². The van der Waals surface area contributed by atoms with Gasteiger partial charge >= 0.3 is 0 Å². The predicted octanol–water partition coefficient (Wildman–Crippen LogP) is 6.15. The van der Waals surface area contributed by atoms with Gasteiger partial charge in [0.2, 0.25) is 0 Å². The first-order valence-electron chi connectivity index (χ1n) is 10.2. The molecule has 4 rings (SSSR count). The molecule has 0 amide bonds. The predicted molar refractivity (Wildman–Crippen MR) is 110 cm³/mol. The van der Waals surface area contributed by atoms with Gasteiger partial charge in [0.05, 0.1) is 23.3 Å².